The van der Waals surface area contributed by atoms with Gasteiger partial charge in [-0.15, -0.1) is 0 Å². The molecule has 0 bridgehead atoms. The van der Waals surface area contributed by atoms with E-state index in [1.165, 1.54) is 0 Å². The molecule has 0 spiro atoms. The minimum absolute atomic E-state index is 0.0752. The van der Waals surface area contributed by atoms with Gasteiger partial charge in [-0.05, 0) is 5.92 Å². The number of nitrogens with one attached hydrogen (secondary N) is 1. The summed E-state index contributed by atoms with van der Waals surface area (Å²) in [6.07, 6.45) is -0.314. The Morgan fingerprint density at radius 1 is 1.56 bits per heavy atom. The molecule has 1 fully saturated rings. The SMILES string of the molecule is C[C@@H]1CNC[C@H](N)[C@@H]1O. The van der Waals surface area contributed by atoms with Crippen molar-refractivity contribution in [3.8, 4) is 0 Å². The highest BCUT2D eigenvalue weighted by Crippen LogP contribution is 2.08. The first-order valence-electron chi connectivity index (χ1n) is 3.36. The third-order valence-electron chi connectivity index (χ3n) is 1.87. The maximum absolute atomic E-state index is 9.28. The summed E-state index contributed by atoms with van der Waals surface area (Å²) in [7, 11) is 0. The van der Waals surface area contributed by atoms with Gasteiger partial charge in [0.2, 0.25) is 0 Å². The van der Waals surface area contributed by atoms with Gasteiger partial charge in [-0.3, -0.25) is 0 Å². The average molecular weight is 130 g/mol. The lowest BCUT2D eigenvalue weighted by atomic mass is 9.95. The molecule has 3 heteroatoms. The molecule has 0 aliphatic carbocycles. The molecule has 0 aromatic rings. The second kappa shape index (κ2) is 2.64. The summed E-state index contributed by atoms with van der Waals surface area (Å²) in [5.74, 6) is 0.300. The smallest absolute Gasteiger partial charge is 0.0741 e. The van der Waals surface area contributed by atoms with Crippen LogP contribution in [0.5, 0.6) is 0 Å². The fourth-order valence-corrected chi connectivity index (χ4v) is 1.14. The van der Waals surface area contributed by atoms with Crippen LogP contribution in [0.2, 0.25) is 0 Å². The Morgan fingerprint density at radius 2 is 2.22 bits per heavy atom. The molecule has 4 N–H and O–H groups in total. The molecule has 1 saturated heterocycles. The van der Waals surface area contributed by atoms with Crippen LogP contribution in [0.25, 0.3) is 0 Å². The molecule has 3 nitrogen and oxygen atoms in total. The lowest BCUT2D eigenvalue weighted by molar-refractivity contribution is 0.0694. The van der Waals surface area contributed by atoms with E-state index in [1.54, 1.807) is 0 Å². The van der Waals surface area contributed by atoms with Crippen LogP contribution in [-0.2, 0) is 0 Å². The van der Waals surface area contributed by atoms with Crippen molar-refractivity contribution in [3.05, 3.63) is 0 Å². The van der Waals surface area contributed by atoms with Crippen molar-refractivity contribution in [2.45, 2.75) is 19.1 Å². The number of aliphatic hydroxyl groups is 1. The number of rotatable bonds is 0. The van der Waals surface area contributed by atoms with E-state index < -0.39 is 0 Å². The molecule has 1 aliphatic heterocycles. The summed E-state index contributed by atoms with van der Waals surface area (Å²) in [4.78, 5) is 0. The molecule has 0 aromatic heterocycles. The number of nitrogens with two attached hydrogens (primary N) is 1. The standard InChI is InChI=1S/C6H14N2O/c1-4-2-8-3-5(7)6(4)9/h4-6,8-9H,2-3,7H2,1H3/t4-,5+,6-/m1/s1. The van der Waals surface area contributed by atoms with Gasteiger partial charge in [-0.1, -0.05) is 6.92 Å². The van der Waals surface area contributed by atoms with Crippen LogP contribution < -0.4 is 11.1 Å². The molecule has 0 radical (unpaired) electrons. The molecule has 0 aromatic carbocycles. The highest BCUT2D eigenvalue weighted by Gasteiger charge is 2.25. The van der Waals surface area contributed by atoms with Crippen LogP contribution in [0.4, 0.5) is 0 Å². The second-order valence-electron chi connectivity index (χ2n) is 2.79. The van der Waals surface area contributed by atoms with Crippen molar-refractivity contribution in [3.63, 3.8) is 0 Å². The third-order valence-corrected chi connectivity index (χ3v) is 1.87. The van der Waals surface area contributed by atoms with Crippen molar-refractivity contribution in [1.29, 1.82) is 0 Å². The van der Waals surface area contributed by atoms with Gasteiger partial charge in [-0.25, -0.2) is 0 Å². The summed E-state index contributed by atoms with van der Waals surface area (Å²) in [6, 6.07) is -0.0752. The summed E-state index contributed by atoms with van der Waals surface area (Å²) in [5, 5.41) is 12.4. The molecule has 1 rings (SSSR count). The predicted octanol–water partition coefficient (Wildman–Crippen LogP) is -1.09. The molecule has 9 heavy (non-hydrogen) atoms. The van der Waals surface area contributed by atoms with E-state index in [0.717, 1.165) is 13.1 Å². The van der Waals surface area contributed by atoms with Gasteiger partial charge < -0.3 is 16.2 Å². The lowest BCUT2D eigenvalue weighted by Gasteiger charge is -2.30. The first kappa shape index (κ1) is 6.99. The fourth-order valence-electron chi connectivity index (χ4n) is 1.14. The molecule has 0 unspecified atom stereocenters. The normalized spacial score (nSPS) is 45.0. The maximum atomic E-state index is 9.28. The number of hydrogen-bond donors (Lipinski definition) is 3. The van der Waals surface area contributed by atoms with Crippen LogP contribution in [0.15, 0.2) is 0 Å². The minimum Gasteiger partial charge on any atom is -0.391 e. The molecule has 3 atom stereocenters. The van der Waals surface area contributed by atoms with E-state index in [2.05, 4.69) is 5.32 Å². The molecular formula is C6H14N2O. The fraction of sp³-hybridized carbons (Fsp3) is 1.00. The average Bonchev–Trinajstić information content (AvgIpc) is 1.83. The second-order valence-corrected chi connectivity index (χ2v) is 2.79. The van der Waals surface area contributed by atoms with E-state index in [1.807, 2.05) is 6.92 Å². The summed E-state index contributed by atoms with van der Waals surface area (Å²) >= 11 is 0. The van der Waals surface area contributed by atoms with Crippen LogP contribution in [0, 0.1) is 5.92 Å². The van der Waals surface area contributed by atoms with Crippen LogP contribution in [-0.4, -0.2) is 30.3 Å². The Balaban J connectivity index is 2.41. The van der Waals surface area contributed by atoms with Crippen LogP contribution >= 0.6 is 0 Å². The van der Waals surface area contributed by atoms with Gasteiger partial charge in [-0.2, -0.15) is 0 Å². The first-order chi connectivity index (χ1) is 4.22. The molecule has 1 aliphatic rings. The highest BCUT2D eigenvalue weighted by atomic mass is 16.3. The van der Waals surface area contributed by atoms with Crippen molar-refractivity contribution in [2.24, 2.45) is 11.7 Å². The lowest BCUT2D eigenvalue weighted by Crippen LogP contribution is -2.53. The van der Waals surface area contributed by atoms with Crippen molar-refractivity contribution in [2.75, 3.05) is 13.1 Å². The van der Waals surface area contributed by atoms with Crippen LogP contribution in [0.3, 0.4) is 0 Å². The first-order valence-corrected chi connectivity index (χ1v) is 3.36. The van der Waals surface area contributed by atoms with Gasteiger partial charge in [0.05, 0.1) is 6.10 Å². The van der Waals surface area contributed by atoms with E-state index in [0.29, 0.717) is 5.92 Å². The van der Waals surface area contributed by atoms with Gasteiger partial charge in [0, 0.05) is 19.1 Å². The van der Waals surface area contributed by atoms with Crippen LogP contribution in [0.1, 0.15) is 6.92 Å². The quantitative estimate of drug-likeness (QED) is 0.390. The topological polar surface area (TPSA) is 58.3 Å². The van der Waals surface area contributed by atoms with Gasteiger partial charge in [0.15, 0.2) is 0 Å². The van der Waals surface area contributed by atoms with Crippen molar-refractivity contribution in [1.82, 2.24) is 5.32 Å². The van der Waals surface area contributed by atoms with Gasteiger partial charge in [0.1, 0.15) is 0 Å². The third kappa shape index (κ3) is 1.41. The summed E-state index contributed by atoms with van der Waals surface area (Å²) in [6.45, 7) is 3.62. The Hall–Kier alpha value is -0.120. The zero-order chi connectivity index (χ0) is 6.85. The molecular weight excluding hydrogens is 116 g/mol. The number of piperidine rings is 1. The predicted molar refractivity (Wildman–Crippen MR) is 36.0 cm³/mol. The molecule has 0 amide bonds. The number of aliphatic hydroxyl groups excluding tert-OH is 1. The summed E-state index contributed by atoms with van der Waals surface area (Å²) < 4.78 is 0. The monoisotopic (exact) mass is 130 g/mol. The van der Waals surface area contributed by atoms with Gasteiger partial charge in [0.25, 0.3) is 0 Å². The van der Waals surface area contributed by atoms with Gasteiger partial charge >= 0.3 is 0 Å². The zero-order valence-electron chi connectivity index (χ0n) is 5.67. The maximum Gasteiger partial charge on any atom is 0.0741 e. The van der Waals surface area contributed by atoms with Crippen molar-refractivity contribution >= 4 is 0 Å². The Bertz CT molecular complexity index is 87.1. The van der Waals surface area contributed by atoms with E-state index in [9.17, 15) is 5.11 Å². The van der Waals surface area contributed by atoms with Crippen molar-refractivity contribution < 1.29 is 5.11 Å². The Kier molecular flexibility index (Phi) is 2.05. The minimum atomic E-state index is -0.314. The number of hydrogen-bond acceptors (Lipinski definition) is 3. The van der Waals surface area contributed by atoms with E-state index in [-0.39, 0.29) is 12.1 Å². The highest BCUT2D eigenvalue weighted by molar-refractivity contribution is 4.84. The molecule has 0 saturated carbocycles. The largest absolute Gasteiger partial charge is 0.391 e. The molecule has 54 valence electrons. The Morgan fingerprint density at radius 3 is 2.67 bits per heavy atom. The van der Waals surface area contributed by atoms with E-state index in [4.69, 9.17) is 5.73 Å². The summed E-state index contributed by atoms with van der Waals surface area (Å²) in [5.41, 5.74) is 5.56. The molecule has 1 heterocycles. The zero-order valence-corrected chi connectivity index (χ0v) is 5.67. The van der Waals surface area contributed by atoms with E-state index >= 15 is 0 Å². The Labute approximate surface area is 55.2 Å².